The Balaban J connectivity index is 2.76. The highest BCUT2D eigenvalue weighted by Gasteiger charge is 2.01. The number of hydrogen-bond donors (Lipinski definition) is 0. The molecular weight excluding hydrogens is 252 g/mol. The molecule has 0 fully saturated rings. The third-order valence-corrected chi connectivity index (χ3v) is 2.31. The smallest absolute Gasteiger partial charge is 0.126 e. The van der Waals surface area contributed by atoms with E-state index in [0.29, 0.717) is 0 Å². The average molecular weight is 269 g/mol. The molecule has 1 rings (SSSR count). The summed E-state index contributed by atoms with van der Waals surface area (Å²) in [6.45, 7) is 4.08. The molecule has 82 valence electrons. The van der Waals surface area contributed by atoms with Gasteiger partial charge in [0.15, 0.2) is 0 Å². The fourth-order valence-corrected chi connectivity index (χ4v) is 1.52. The molecule has 0 spiro atoms. The van der Waals surface area contributed by atoms with Crippen molar-refractivity contribution in [3.63, 3.8) is 0 Å². The van der Waals surface area contributed by atoms with Crippen LogP contribution in [0.1, 0.15) is 25.8 Å². The van der Waals surface area contributed by atoms with Crippen molar-refractivity contribution in [2.24, 2.45) is 0 Å². The van der Waals surface area contributed by atoms with E-state index < -0.39 is 0 Å². The van der Waals surface area contributed by atoms with E-state index in [2.05, 4.69) is 34.1 Å². The summed E-state index contributed by atoms with van der Waals surface area (Å²) in [5.41, 5.74) is 1.15. The second-order valence-corrected chi connectivity index (χ2v) is 4.38. The van der Waals surface area contributed by atoms with Crippen LogP contribution in [0.3, 0.4) is 0 Å². The lowest BCUT2D eigenvalue weighted by Gasteiger charge is -2.11. The predicted octanol–water partition coefficient (Wildman–Crippen LogP) is 4.27. The molecule has 0 saturated heterocycles. The van der Waals surface area contributed by atoms with Crippen molar-refractivity contribution in [2.45, 2.75) is 26.4 Å². The predicted molar refractivity (Wildman–Crippen MR) is 69.7 cm³/mol. The second-order valence-electron chi connectivity index (χ2n) is 3.58. The maximum Gasteiger partial charge on any atom is 0.126 e. The summed E-state index contributed by atoms with van der Waals surface area (Å²) in [5.74, 6) is 0.957. The minimum absolute atomic E-state index is 0.218. The monoisotopic (exact) mass is 268 g/mol. The van der Waals surface area contributed by atoms with Gasteiger partial charge in [-0.2, -0.15) is 0 Å². The van der Waals surface area contributed by atoms with Crippen LogP contribution >= 0.6 is 15.9 Å². The van der Waals surface area contributed by atoms with Gasteiger partial charge in [0.25, 0.3) is 0 Å². The number of alkyl halides is 1. The standard InChI is InChI=1S/C13H17BrO/c1-11(2)15-13-9-4-3-7-12(13)8-5-6-10-14/h3-5,7-9,11H,6,10H2,1-2H3. The topological polar surface area (TPSA) is 9.23 Å². The van der Waals surface area contributed by atoms with E-state index >= 15 is 0 Å². The van der Waals surface area contributed by atoms with Gasteiger partial charge in [-0.25, -0.2) is 0 Å². The molecule has 0 aliphatic carbocycles. The Bertz CT molecular complexity index is 318. The van der Waals surface area contributed by atoms with Gasteiger partial charge in [-0.05, 0) is 26.3 Å². The lowest BCUT2D eigenvalue weighted by molar-refractivity contribution is 0.242. The third kappa shape index (κ3) is 4.52. The van der Waals surface area contributed by atoms with E-state index in [1.165, 1.54) is 0 Å². The van der Waals surface area contributed by atoms with Crippen LogP contribution in [0.5, 0.6) is 5.75 Å². The Morgan fingerprint density at radius 3 is 2.73 bits per heavy atom. The highest BCUT2D eigenvalue weighted by Crippen LogP contribution is 2.20. The molecule has 0 radical (unpaired) electrons. The summed E-state index contributed by atoms with van der Waals surface area (Å²) >= 11 is 3.40. The van der Waals surface area contributed by atoms with Gasteiger partial charge >= 0.3 is 0 Å². The average Bonchev–Trinajstić information content (AvgIpc) is 2.20. The zero-order valence-corrected chi connectivity index (χ0v) is 10.8. The summed E-state index contributed by atoms with van der Waals surface area (Å²) in [5, 5.41) is 0.997. The Morgan fingerprint density at radius 2 is 2.07 bits per heavy atom. The van der Waals surface area contributed by atoms with Crippen LogP contribution in [0.15, 0.2) is 30.3 Å². The molecule has 1 aromatic carbocycles. The van der Waals surface area contributed by atoms with Crippen LogP contribution in [0.4, 0.5) is 0 Å². The maximum absolute atomic E-state index is 5.71. The van der Waals surface area contributed by atoms with Gasteiger partial charge in [-0.1, -0.05) is 46.3 Å². The number of allylic oxidation sites excluding steroid dienone is 1. The molecule has 0 bridgehead atoms. The van der Waals surface area contributed by atoms with Crippen LogP contribution < -0.4 is 4.74 Å². The molecule has 0 amide bonds. The highest BCUT2D eigenvalue weighted by atomic mass is 79.9. The molecule has 0 unspecified atom stereocenters. The minimum Gasteiger partial charge on any atom is -0.490 e. The van der Waals surface area contributed by atoms with Crippen molar-refractivity contribution >= 4 is 22.0 Å². The molecule has 0 saturated carbocycles. The van der Waals surface area contributed by atoms with Gasteiger partial charge < -0.3 is 4.74 Å². The Hall–Kier alpha value is -0.760. The first-order valence-corrected chi connectivity index (χ1v) is 6.34. The SMILES string of the molecule is CC(C)Oc1ccccc1C=CCCBr. The molecule has 1 nitrogen and oxygen atoms in total. The van der Waals surface area contributed by atoms with Gasteiger partial charge in [-0.3, -0.25) is 0 Å². The van der Waals surface area contributed by atoms with E-state index in [-0.39, 0.29) is 6.10 Å². The zero-order valence-electron chi connectivity index (χ0n) is 9.24. The zero-order chi connectivity index (χ0) is 11.1. The van der Waals surface area contributed by atoms with Crippen molar-refractivity contribution in [1.82, 2.24) is 0 Å². The van der Waals surface area contributed by atoms with E-state index in [1.54, 1.807) is 0 Å². The number of halogens is 1. The van der Waals surface area contributed by atoms with Crippen molar-refractivity contribution in [1.29, 1.82) is 0 Å². The minimum atomic E-state index is 0.218. The van der Waals surface area contributed by atoms with Crippen molar-refractivity contribution in [3.05, 3.63) is 35.9 Å². The van der Waals surface area contributed by atoms with E-state index in [1.807, 2.05) is 32.0 Å². The number of hydrogen-bond acceptors (Lipinski definition) is 1. The Morgan fingerprint density at radius 1 is 1.33 bits per heavy atom. The first kappa shape index (κ1) is 12.3. The molecule has 0 atom stereocenters. The number of benzene rings is 1. The van der Waals surface area contributed by atoms with Crippen molar-refractivity contribution in [3.8, 4) is 5.75 Å². The molecule has 2 heteroatoms. The van der Waals surface area contributed by atoms with Crippen LogP contribution in [-0.4, -0.2) is 11.4 Å². The quantitative estimate of drug-likeness (QED) is 0.725. The van der Waals surface area contributed by atoms with Crippen molar-refractivity contribution in [2.75, 3.05) is 5.33 Å². The summed E-state index contributed by atoms with van der Waals surface area (Å²) in [6.07, 6.45) is 5.52. The van der Waals surface area contributed by atoms with E-state index in [4.69, 9.17) is 4.74 Å². The first-order chi connectivity index (χ1) is 7.24. The third-order valence-electron chi connectivity index (χ3n) is 1.85. The molecule has 15 heavy (non-hydrogen) atoms. The number of para-hydroxylation sites is 1. The van der Waals surface area contributed by atoms with Gasteiger partial charge in [0.2, 0.25) is 0 Å². The molecule has 0 heterocycles. The van der Waals surface area contributed by atoms with Gasteiger partial charge in [0, 0.05) is 10.9 Å². The Kier molecular flexibility index (Phi) is 5.48. The number of ether oxygens (including phenoxy) is 1. The fraction of sp³-hybridized carbons (Fsp3) is 0.385. The summed E-state index contributed by atoms with van der Waals surface area (Å²) < 4.78 is 5.71. The largest absolute Gasteiger partial charge is 0.490 e. The normalized spacial score (nSPS) is 11.2. The summed E-state index contributed by atoms with van der Waals surface area (Å²) in [6, 6.07) is 8.11. The highest BCUT2D eigenvalue weighted by molar-refractivity contribution is 9.09. The molecule has 0 aromatic heterocycles. The second kappa shape index (κ2) is 6.67. The van der Waals surface area contributed by atoms with Crippen LogP contribution in [0.2, 0.25) is 0 Å². The van der Waals surface area contributed by atoms with E-state index in [0.717, 1.165) is 23.1 Å². The number of rotatable bonds is 5. The summed E-state index contributed by atoms with van der Waals surface area (Å²) in [7, 11) is 0. The van der Waals surface area contributed by atoms with Gasteiger partial charge in [0.1, 0.15) is 5.75 Å². The molecule has 1 aromatic rings. The van der Waals surface area contributed by atoms with Crippen LogP contribution in [-0.2, 0) is 0 Å². The Labute approximate surface area is 100 Å². The molecular formula is C13H17BrO. The van der Waals surface area contributed by atoms with Crippen molar-refractivity contribution < 1.29 is 4.74 Å². The molecule has 0 aliphatic heterocycles. The first-order valence-electron chi connectivity index (χ1n) is 5.22. The molecule has 0 N–H and O–H groups in total. The fourth-order valence-electron chi connectivity index (χ4n) is 1.25. The lowest BCUT2D eigenvalue weighted by atomic mass is 10.2. The lowest BCUT2D eigenvalue weighted by Crippen LogP contribution is -2.06. The van der Waals surface area contributed by atoms with Gasteiger partial charge in [-0.15, -0.1) is 0 Å². The van der Waals surface area contributed by atoms with Crippen LogP contribution in [0, 0.1) is 0 Å². The maximum atomic E-state index is 5.71. The summed E-state index contributed by atoms with van der Waals surface area (Å²) in [4.78, 5) is 0. The van der Waals surface area contributed by atoms with Gasteiger partial charge in [0.05, 0.1) is 6.10 Å². The van der Waals surface area contributed by atoms with Crippen LogP contribution in [0.25, 0.3) is 6.08 Å². The van der Waals surface area contributed by atoms with E-state index in [9.17, 15) is 0 Å². The molecule has 0 aliphatic rings.